The maximum Gasteiger partial charge on any atom is 0.260 e. The van der Waals surface area contributed by atoms with Gasteiger partial charge in [0.05, 0.1) is 11.9 Å². The summed E-state index contributed by atoms with van der Waals surface area (Å²) < 4.78 is 37.9. The lowest BCUT2D eigenvalue weighted by Gasteiger charge is -2.21. The molecule has 1 aliphatic carbocycles. The van der Waals surface area contributed by atoms with E-state index in [0.717, 1.165) is 54.1 Å². The lowest BCUT2D eigenvalue weighted by molar-refractivity contribution is -0.119. The first kappa shape index (κ1) is 19.4. The molecule has 1 N–H and O–H groups in total. The molecule has 0 saturated heterocycles. The van der Waals surface area contributed by atoms with Gasteiger partial charge in [0, 0.05) is 5.71 Å². The molecule has 1 amide bonds. The summed E-state index contributed by atoms with van der Waals surface area (Å²) >= 11 is 0. The van der Waals surface area contributed by atoms with Crippen molar-refractivity contribution >= 4 is 27.3 Å². The Labute approximate surface area is 148 Å². The van der Waals surface area contributed by atoms with Crippen LogP contribution < -0.4 is 9.73 Å². The minimum absolute atomic E-state index is 0.234. The van der Waals surface area contributed by atoms with Gasteiger partial charge in [-0.1, -0.05) is 19.3 Å². The summed E-state index contributed by atoms with van der Waals surface area (Å²) in [5, 5.41) is 4.16. The molecule has 0 atom stereocenters. The Balaban J connectivity index is 2.03. The number of nitrogens with one attached hydrogen (secondary N) is 1. The molecule has 6 nitrogen and oxygen atoms in total. The lowest BCUT2D eigenvalue weighted by Crippen LogP contribution is -2.39. The molecule has 2 rings (SSSR count). The van der Waals surface area contributed by atoms with Gasteiger partial charge in [-0.25, -0.2) is 18.2 Å². The Kier molecular flexibility index (Phi) is 6.92. The molecular weight excluding hydrogens is 345 g/mol. The first-order valence-corrected chi connectivity index (χ1v) is 10.3. The smallest absolute Gasteiger partial charge is 0.260 e. The molecule has 1 aromatic carbocycles. The molecule has 1 aliphatic rings. The van der Waals surface area contributed by atoms with Gasteiger partial charge in [0.1, 0.15) is 12.4 Å². The molecule has 0 heterocycles. The Hall–Kier alpha value is -1.96. The van der Waals surface area contributed by atoms with E-state index in [1.165, 1.54) is 31.4 Å². The first-order chi connectivity index (χ1) is 11.9. The number of nitrogens with zero attached hydrogens (tertiary/aromatic N) is 2. The average molecular weight is 369 g/mol. The summed E-state index contributed by atoms with van der Waals surface area (Å²) in [5.41, 5.74) is 3.63. The fraction of sp³-hybridized carbons (Fsp3) is 0.529. The topological polar surface area (TPSA) is 78.8 Å². The zero-order valence-electron chi connectivity index (χ0n) is 14.4. The number of carbonyl (C=O) groups is 1. The van der Waals surface area contributed by atoms with Crippen LogP contribution in [0.2, 0.25) is 0 Å². The van der Waals surface area contributed by atoms with Crippen LogP contribution >= 0.6 is 0 Å². The third-order valence-corrected chi connectivity index (χ3v) is 5.21. The normalized spacial score (nSPS) is 15.8. The number of anilines is 1. The van der Waals surface area contributed by atoms with E-state index in [9.17, 15) is 17.6 Å². The number of carbonyl (C=O) groups excluding carboxylic acids is 1. The van der Waals surface area contributed by atoms with Crippen molar-refractivity contribution in [2.45, 2.75) is 44.9 Å². The SMILES string of the molecule is CS(=O)(=O)N(CC(=O)NN=C1CCCCCCC1)c1ccc(F)cc1. The van der Waals surface area contributed by atoms with Crippen LogP contribution in [-0.4, -0.2) is 32.8 Å². The number of rotatable bonds is 5. The van der Waals surface area contributed by atoms with Gasteiger partial charge < -0.3 is 0 Å². The van der Waals surface area contributed by atoms with E-state index in [4.69, 9.17) is 0 Å². The Morgan fingerprint density at radius 3 is 2.24 bits per heavy atom. The highest BCUT2D eigenvalue weighted by Crippen LogP contribution is 2.18. The third-order valence-electron chi connectivity index (χ3n) is 4.07. The van der Waals surface area contributed by atoms with Gasteiger partial charge in [0.2, 0.25) is 10.0 Å². The third kappa shape index (κ3) is 6.45. The van der Waals surface area contributed by atoms with Gasteiger partial charge >= 0.3 is 0 Å². The Bertz CT molecular complexity index is 707. The molecule has 1 aromatic rings. The van der Waals surface area contributed by atoms with Crippen molar-refractivity contribution < 1.29 is 17.6 Å². The van der Waals surface area contributed by atoms with E-state index < -0.39 is 28.3 Å². The van der Waals surface area contributed by atoms with Gasteiger partial charge in [0.15, 0.2) is 0 Å². The molecule has 138 valence electrons. The Morgan fingerprint density at radius 2 is 1.68 bits per heavy atom. The number of benzene rings is 1. The second-order valence-electron chi connectivity index (χ2n) is 6.23. The monoisotopic (exact) mass is 369 g/mol. The van der Waals surface area contributed by atoms with Crippen LogP contribution in [0.1, 0.15) is 44.9 Å². The van der Waals surface area contributed by atoms with E-state index >= 15 is 0 Å². The molecule has 0 unspecified atom stereocenters. The van der Waals surface area contributed by atoms with Gasteiger partial charge in [-0.05, 0) is 49.9 Å². The van der Waals surface area contributed by atoms with Gasteiger partial charge in [-0.3, -0.25) is 9.10 Å². The number of amides is 1. The van der Waals surface area contributed by atoms with E-state index in [-0.39, 0.29) is 5.69 Å². The van der Waals surface area contributed by atoms with Crippen LogP contribution in [0.25, 0.3) is 0 Å². The second-order valence-corrected chi connectivity index (χ2v) is 8.13. The standard InChI is InChI=1S/C17H24FN3O3S/c1-25(23,24)21(16-11-9-14(18)10-12-16)13-17(22)20-19-15-7-5-3-2-4-6-8-15/h9-12H,2-8,13H2,1H3,(H,20,22). The maximum absolute atomic E-state index is 13.0. The number of sulfonamides is 1. The predicted octanol–water partition coefficient (Wildman–Crippen LogP) is 2.81. The summed E-state index contributed by atoms with van der Waals surface area (Å²) in [6, 6.07) is 4.95. The molecule has 8 heteroatoms. The van der Waals surface area contributed by atoms with E-state index in [1.54, 1.807) is 0 Å². The molecule has 1 saturated carbocycles. The number of hydrazone groups is 1. The first-order valence-electron chi connectivity index (χ1n) is 8.44. The van der Waals surface area contributed by atoms with Crippen molar-refractivity contribution in [3.8, 4) is 0 Å². The Morgan fingerprint density at radius 1 is 1.12 bits per heavy atom. The molecular formula is C17H24FN3O3S. The van der Waals surface area contributed by atoms with E-state index in [0.29, 0.717) is 0 Å². The highest BCUT2D eigenvalue weighted by atomic mass is 32.2. The average Bonchev–Trinajstić information content (AvgIpc) is 2.51. The highest BCUT2D eigenvalue weighted by molar-refractivity contribution is 7.92. The van der Waals surface area contributed by atoms with Crippen LogP contribution in [0.15, 0.2) is 29.4 Å². The number of halogens is 1. The fourth-order valence-corrected chi connectivity index (χ4v) is 3.60. The van der Waals surface area contributed by atoms with Crippen LogP contribution in [0.5, 0.6) is 0 Å². The summed E-state index contributed by atoms with van der Waals surface area (Å²) in [6.45, 7) is -0.402. The maximum atomic E-state index is 13.0. The van der Waals surface area contributed by atoms with Crippen molar-refractivity contribution in [2.24, 2.45) is 5.10 Å². The van der Waals surface area contributed by atoms with Crippen molar-refractivity contribution in [3.05, 3.63) is 30.1 Å². The lowest BCUT2D eigenvalue weighted by atomic mass is 9.99. The van der Waals surface area contributed by atoms with Crippen LogP contribution in [0.3, 0.4) is 0 Å². The van der Waals surface area contributed by atoms with Gasteiger partial charge in [-0.15, -0.1) is 0 Å². The zero-order valence-corrected chi connectivity index (χ0v) is 15.2. The molecule has 1 fully saturated rings. The zero-order chi connectivity index (χ0) is 18.3. The summed E-state index contributed by atoms with van der Waals surface area (Å²) in [6.07, 6.45) is 8.39. The number of hydrogen-bond donors (Lipinski definition) is 1. The van der Waals surface area contributed by atoms with Crippen LogP contribution in [-0.2, 0) is 14.8 Å². The van der Waals surface area contributed by atoms with E-state index in [2.05, 4.69) is 10.5 Å². The quantitative estimate of drug-likeness (QED) is 0.811. The van der Waals surface area contributed by atoms with Gasteiger partial charge in [0.25, 0.3) is 5.91 Å². The van der Waals surface area contributed by atoms with Crippen molar-refractivity contribution in [1.29, 1.82) is 0 Å². The number of hydrogen-bond acceptors (Lipinski definition) is 4. The molecule has 0 aromatic heterocycles. The largest absolute Gasteiger partial charge is 0.271 e. The summed E-state index contributed by atoms with van der Waals surface area (Å²) in [4.78, 5) is 12.1. The molecule has 0 bridgehead atoms. The van der Waals surface area contributed by atoms with Crippen molar-refractivity contribution in [2.75, 3.05) is 17.1 Å². The van der Waals surface area contributed by atoms with Crippen molar-refractivity contribution in [3.63, 3.8) is 0 Å². The molecule has 25 heavy (non-hydrogen) atoms. The van der Waals surface area contributed by atoms with Crippen LogP contribution in [0, 0.1) is 5.82 Å². The summed E-state index contributed by atoms with van der Waals surface area (Å²) in [7, 11) is -3.68. The second kappa shape index (κ2) is 8.94. The fourth-order valence-electron chi connectivity index (χ4n) is 2.74. The predicted molar refractivity (Wildman–Crippen MR) is 96.5 cm³/mol. The van der Waals surface area contributed by atoms with Crippen molar-refractivity contribution in [1.82, 2.24) is 5.43 Å². The summed E-state index contributed by atoms with van der Waals surface area (Å²) in [5.74, 6) is -0.998. The van der Waals surface area contributed by atoms with E-state index in [1.807, 2.05) is 0 Å². The molecule has 0 spiro atoms. The van der Waals surface area contributed by atoms with Gasteiger partial charge in [-0.2, -0.15) is 5.10 Å². The minimum atomic E-state index is -3.68. The molecule has 0 radical (unpaired) electrons. The minimum Gasteiger partial charge on any atom is -0.271 e. The highest BCUT2D eigenvalue weighted by Gasteiger charge is 2.21. The molecule has 0 aliphatic heterocycles. The van der Waals surface area contributed by atoms with Crippen LogP contribution in [0.4, 0.5) is 10.1 Å².